The average Bonchev–Trinajstić information content (AvgIpc) is 2.73. The summed E-state index contributed by atoms with van der Waals surface area (Å²) < 4.78 is 11.4. The molecule has 0 radical (unpaired) electrons. The highest BCUT2D eigenvalue weighted by Crippen LogP contribution is 2.31. The SMILES string of the molecule is C=CC1OC(c2ccccc2)OC1C=C. The minimum atomic E-state index is -0.308. The highest BCUT2D eigenvalue weighted by molar-refractivity contribution is 5.17. The molecule has 1 fully saturated rings. The Bertz CT molecular complexity index is 329. The molecular weight excluding hydrogens is 188 g/mol. The molecule has 1 aromatic rings. The van der Waals surface area contributed by atoms with Crippen LogP contribution in [0.5, 0.6) is 0 Å². The Labute approximate surface area is 89.8 Å². The number of benzene rings is 1. The first-order valence-electron chi connectivity index (χ1n) is 4.96. The molecule has 0 amide bonds. The summed E-state index contributed by atoms with van der Waals surface area (Å²) in [5.74, 6) is 0. The zero-order valence-electron chi connectivity index (χ0n) is 8.50. The van der Waals surface area contributed by atoms with Crippen molar-refractivity contribution in [2.45, 2.75) is 18.5 Å². The third kappa shape index (κ3) is 2.01. The van der Waals surface area contributed by atoms with E-state index in [1.807, 2.05) is 30.3 Å². The van der Waals surface area contributed by atoms with Gasteiger partial charge in [0.05, 0.1) is 0 Å². The van der Waals surface area contributed by atoms with Crippen molar-refractivity contribution in [3.63, 3.8) is 0 Å². The summed E-state index contributed by atoms with van der Waals surface area (Å²) in [6.07, 6.45) is 2.97. The quantitative estimate of drug-likeness (QED) is 0.702. The molecule has 1 aromatic carbocycles. The summed E-state index contributed by atoms with van der Waals surface area (Å²) in [7, 11) is 0. The van der Waals surface area contributed by atoms with Gasteiger partial charge < -0.3 is 9.47 Å². The van der Waals surface area contributed by atoms with E-state index in [9.17, 15) is 0 Å². The highest BCUT2D eigenvalue weighted by Gasteiger charge is 2.32. The van der Waals surface area contributed by atoms with Crippen LogP contribution >= 0.6 is 0 Å². The van der Waals surface area contributed by atoms with Gasteiger partial charge >= 0.3 is 0 Å². The fourth-order valence-electron chi connectivity index (χ4n) is 1.62. The molecular formula is C13H14O2. The van der Waals surface area contributed by atoms with E-state index in [1.165, 1.54) is 0 Å². The predicted molar refractivity (Wildman–Crippen MR) is 59.3 cm³/mol. The van der Waals surface area contributed by atoms with Gasteiger partial charge in [0.2, 0.25) is 0 Å². The van der Waals surface area contributed by atoms with E-state index in [2.05, 4.69) is 13.2 Å². The van der Waals surface area contributed by atoms with Crippen LogP contribution in [0.1, 0.15) is 11.9 Å². The van der Waals surface area contributed by atoms with Gasteiger partial charge in [-0.25, -0.2) is 0 Å². The Morgan fingerprint density at radius 3 is 1.93 bits per heavy atom. The van der Waals surface area contributed by atoms with Crippen molar-refractivity contribution < 1.29 is 9.47 Å². The van der Waals surface area contributed by atoms with Crippen molar-refractivity contribution in [1.29, 1.82) is 0 Å². The van der Waals surface area contributed by atoms with Crippen molar-refractivity contribution in [2.24, 2.45) is 0 Å². The highest BCUT2D eigenvalue weighted by atomic mass is 16.7. The monoisotopic (exact) mass is 202 g/mol. The molecule has 2 heteroatoms. The molecule has 2 unspecified atom stereocenters. The maximum atomic E-state index is 5.69. The van der Waals surface area contributed by atoms with E-state index in [-0.39, 0.29) is 18.5 Å². The predicted octanol–water partition coefficient (Wildman–Crippen LogP) is 2.84. The molecule has 2 atom stereocenters. The normalized spacial score (nSPS) is 30.0. The maximum absolute atomic E-state index is 5.69. The smallest absolute Gasteiger partial charge is 0.185 e. The summed E-state index contributed by atoms with van der Waals surface area (Å²) in [6.45, 7) is 7.43. The van der Waals surface area contributed by atoms with Crippen LogP contribution in [0.2, 0.25) is 0 Å². The maximum Gasteiger partial charge on any atom is 0.185 e. The number of rotatable bonds is 3. The molecule has 0 bridgehead atoms. The molecule has 2 nitrogen and oxygen atoms in total. The van der Waals surface area contributed by atoms with E-state index in [4.69, 9.17) is 9.47 Å². The summed E-state index contributed by atoms with van der Waals surface area (Å²) >= 11 is 0. The minimum Gasteiger partial charge on any atom is -0.338 e. The second-order valence-corrected chi connectivity index (χ2v) is 3.42. The lowest BCUT2D eigenvalue weighted by Gasteiger charge is -2.09. The summed E-state index contributed by atoms with van der Waals surface area (Å²) in [5.41, 5.74) is 1.02. The standard InChI is InChI=1S/C13H14O2/c1-3-11-12(4-2)15-13(14-11)10-8-6-5-7-9-10/h3-9,11-13H,1-2H2. The summed E-state index contributed by atoms with van der Waals surface area (Å²) in [5, 5.41) is 0. The van der Waals surface area contributed by atoms with Gasteiger partial charge in [-0.05, 0) is 0 Å². The third-order valence-electron chi connectivity index (χ3n) is 2.42. The van der Waals surface area contributed by atoms with Gasteiger partial charge in [0, 0.05) is 5.56 Å². The summed E-state index contributed by atoms with van der Waals surface area (Å²) in [4.78, 5) is 0. The van der Waals surface area contributed by atoms with E-state index in [0.717, 1.165) is 5.56 Å². The molecule has 0 spiro atoms. The molecule has 1 aliphatic rings. The number of hydrogen-bond donors (Lipinski definition) is 0. The van der Waals surface area contributed by atoms with E-state index in [0.29, 0.717) is 0 Å². The first-order chi connectivity index (χ1) is 7.35. The van der Waals surface area contributed by atoms with Crippen LogP contribution in [0.15, 0.2) is 55.6 Å². The molecule has 15 heavy (non-hydrogen) atoms. The molecule has 1 aliphatic heterocycles. The molecule has 0 saturated carbocycles. The van der Waals surface area contributed by atoms with Crippen LogP contribution in [-0.4, -0.2) is 12.2 Å². The molecule has 1 heterocycles. The second-order valence-electron chi connectivity index (χ2n) is 3.42. The van der Waals surface area contributed by atoms with Crippen molar-refractivity contribution in [2.75, 3.05) is 0 Å². The summed E-state index contributed by atoms with van der Waals surface area (Å²) in [6, 6.07) is 9.86. The first kappa shape index (κ1) is 10.1. The topological polar surface area (TPSA) is 18.5 Å². The van der Waals surface area contributed by atoms with Gasteiger partial charge in [-0.1, -0.05) is 42.5 Å². The van der Waals surface area contributed by atoms with Crippen LogP contribution in [0.3, 0.4) is 0 Å². The van der Waals surface area contributed by atoms with Crippen LogP contribution in [0.25, 0.3) is 0 Å². The van der Waals surface area contributed by atoms with Crippen molar-refractivity contribution >= 4 is 0 Å². The van der Waals surface area contributed by atoms with E-state index in [1.54, 1.807) is 12.2 Å². The number of ether oxygens (including phenoxy) is 2. The molecule has 0 N–H and O–H groups in total. The van der Waals surface area contributed by atoms with Gasteiger partial charge in [-0.15, -0.1) is 13.2 Å². The van der Waals surface area contributed by atoms with Crippen LogP contribution in [-0.2, 0) is 9.47 Å². The Morgan fingerprint density at radius 1 is 0.933 bits per heavy atom. The minimum absolute atomic E-state index is 0.104. The fraction of sp³-hybridized carbons (Fsp3) is 0.231. The van der Waals surface area contributed by atoms with Crippen LogP contribution < -0.4 is 0 Å². The zero-order valence-corrected chi connectivity index (χ0v) is 8.50. The lowest BCUT2D eigenvalue weighted by molar-refractivity contribution is -0.0598. The van der Waals surface area contributed by atoms with Crippen LogP contribution in [0.4, 0.5) is 0 Å². The molecule has 78 valence electrons. The average molecular weight is 202 g/mol. The Balaban J connectivity index is 2.15. The van der Waals surface area contributed by atoms with E-state index < -0.39 is 0 Å². The molecule has 2 rings (SSSR count). The van der Waals surface area contributed by atoms with Gasteiger partial charge in [0.1, 0.15) is 12.2 Å². The number of hydrogen-bond acceptors (Lipinski definition) is 2. The van der Waals surface area contributed by atoms with Crippen LogP contribution in [0, 0.1) is 0 Å². The third-order valence-corrected chi connectivity index (χ3v) is 2.42. The largest absolute Gasteiger partial charge is 0.338 e. The van der Waals surface area contributed by atoms with Gasteiger partial charge in [-0.2, -0.15) is 0 Å². The van der Waals surface area contributed by atoms with Crippen molar-refractivity contribution in [3.05, 3.63) is 61.2 Å². The Morgan fingerprint density at radius 2 is 1.47 bits per heavy atom. The van der Waals surface area contributed by atoms with E-state index >= 15 is 0 Å². The second kappa shape index (κ2) is 4.43. The van der Waals surface area contributed by atoms with Crippen molar-refractivity contribution in [3.8, 4) is 0 Å². The lowest BCUT2D eigenvalue weighted by Crippen LogP contribution is -2.16. The Hall–Kier alpha value is -1.38. The first-order valence-corrected chi connectivity index (χ1v) is 4.96. The van der Waals surface area contributed by atoms with Gasteiger partial charge in [0.15, 0.2) is 6.29 Å². The molecule has 0 aliphatic carbocycles. The van der Waals surface area contributed by atoms with Gasteiger partial charge in [-0.3, -0.25) is 0 Å². The lowest BCUT2D eigenvalue weighted by atomic mass is 10.2. The molecule has 1 saturated heterocycles. The van der Waals surface area contributed by atoms with Crippen molar-refractivity contribution in [1.82, 2.24) is 0 Å². The fourth-order valence-corrected chi connectivity index (χ4v) is 1.62. The molecule has 0 aromatic heterocycles. The Kier molecular flexibility index (Phi) is 2.99. The zero-order chi connectivity index (χ0) is 10.7. The van der Waals surface area contributed by atoms with Gasteiger partial charge in [0.25, 0.3) is 0 Å².